The largest absolute Gasteiger partial charge is 0.356 e. The molecule has 6 nitrogen and oxygen atoms in total. The summed E-state index contributed by atoms with van der Waals surface area (Å²) >= 11 is 0. The van der Waals surface area contributed by atoms with E-state index in [1.165, 1.54) is 0 Å². The van der Waals surface area contributed by atoms with Crippen LogP contribution in [-0.2, 0) is 19.2 Å². The van der Waals surface area contributed by atoms with Crippen LogP contribution in [0.3, 0.4) is 0 Å². The first kappa shape index (κ1) is 25.3. The molecule has 0 radical (unpaired) electrons. The van der Waals surface area contributed by atoms with Gasteiger partial charge in [0.15, 0.2) is 0 Å². The molecule has 0 atom stereocenters. The molecule has 0 saturated heterocycles. The van der Waals surface area contributed by atoms with Gasteiger partial charge in [-0.25, -0.2) is 0 Å². The summed E-state index contributed by atoms with van der Waals surface area (Å²) in [6.07, 6.45) is 9.76. The Labute approximate surface area is 164 Å². The molecule has 0 aliphatic heterocycles. The monoisotopic (exact) mass is 382 g/mol. The van der Waals surface area contributed by atoms with Crippen LogP contribution in [0.15, 0.2) is 0 Å². The van der Waals surface area contributed by atoms with Crippen LogP contribution >= 0.6 is 0 Å². The predicted molar refractivity (Wildman–Crippen MR) is 107 cm³/mol. The molecule has 6 heteroatoms. The predicted octanol–water partition coefficient (Wildman–Crippen LogP) is 3.47. The standard InChI is InChI=1S/C21H38N2O4/c1-3-19(25)13-7-9-15-21(27)23-17-11-5-4-10-16-22-20(26)14-8-6-12-18(2)24/h3-17H2,1-2H3,(H,22,26)(H,23,27). The molecule has 0 spiro atoms. The highest BCUT2D eigenvalue weighted by molar-refractivity contribution is 5.78. The molecule has 27 heavy (non-hydrogen) atoms. The maximum Gasteiger partial charge on any atom is 0.219 e. The molecule has 0 bridgehead atoms. The van der Waals surface area contributed by atoms with Gasteiger partial charge < -0.3 is 15.4 Å². The van der Waals surface area contributed by atoms with E-state index in [0.29, 0.717) is 45.2 Å². The van der Waals surface area contributed by atoms with Gasteiger partial charge in [0, 0.05) is 45.2 Å². The number of Topliss-reactive ketones (excluding diaryl/α,β-unsaturated/α-hetero) is 2. The molecule has 156 valence electrons. The Morgan fingerprint density at radius 2 is 1.04 bits per heavy atom. The fourth-order valence-electron chi connectivity index (χ4n) is 2.68. The van der Waals surface area contributed by atoms with E-state index in [4.69, 9.17) is 0 Å². The zero-order valence-corrected chi connectivity index (χ0v) is 17.2. The zero-order chi connectivity index (χ0) is 20.3. The summed E-state index contributed by atoms with van der Waals surface area (Å²) in [5.41, 5.74) is 0. The van der Waals surface area contributed by atoms with Gasteiger partial charge in [0.05, 0.1) is 0 Å². The average molecular weight is 383 g/mol. The molecule has 0 aromatic heterocycles. The number of rotatable bonds is 18. The molecule has 0 saturated carbocycles. The van der Waals surface area contributed by atoms with Crippen LogP contribution in [0.4, 0.5) is 0 Å². The molecule has 0 unspecified atom stereocenters. The van der Waals surface area contributed by atoms with Crippen molar-refractivity contribution in [2.45, 2.75) is 97.3 Å². The van der Waals surface area contributed by atoms with E-state index in [1.807, 2.05) is 6.92 Å². The maximum absolute atomic E-state index is 11.7. The van der Waals surface area contributed by atoms with Gasteiger partial charge in [0.2, 0.25) is 11.8 Å². The van der Waals surface area contributed by atoms with E-state index < -0.39 is 0 Å². The Bertz CT molecular complexity index is 449. The highest BCUT2D eigenvalue weighted by atomic mass is 16.2. The van der Waals surface area contributed by atoms with Gasteiger partial charge in [-0.05, 0) is 45.4 Å². The van der Waals surface area contributed by atoms with Crippen molar-refractivity contribution < 1.29 is 19.2 Å². The first-order valence-corrected chi connectivity index (χ1v) is 10.5. The van der Waals surface area contributed by atoms with Gasteiger partial charge in [-0.15, -0.1) is 0 Å². The number of carbonyl (C=O) groups excluding carboxylic acids is 4. The Morgan fingerprint density at radius 3 is 1.48 bits per heavy atom. The second kappa shape index (κ2) is 17.7. The summed E-state index contributed by atoms with van der Waals surface area (Å²) in [5, 5.41) is 5.82. The van der Waals surface area contributed by atoms with Crippen molar-refractivity contribution in [2.75, 3.05) is 13.1 Å². The SMILES string of the molecule is CCC(=O)CCCCC(=O)NCCCCCCNC(=O)CCCCC(C)=O. The highest BCUT2D eigenvalue weighted by Gasteiger charge is 2.03. The number of hydrogen-bond acceptors (Lipinski definition) is 4. The lowest BCUT2D eigenvalue weighted by Crippen LogP contribution is -2.24. The molecule has 0 aromatic carbocycles. The number of carbonyl (C=O) groups is 4. The summed E-state index contributed by atoms with van der Waals surface area (Å²) in [6, 6.07) is 0. The molecule has 2 amide bonds. The van der Waals surface area contributed by atoms with Crippen LogP contribution in [0.5, 0.6) is 0 Å². The normalized spacial score (nSPS) is 10.4. The van der Waals surface area contributed by atoms with E-state index in [-0.39, 0.29) is 23.4 Å². The summed E-state index contributed by atoms with van der Waals surface area (Å²) in [7, 11) is 0. The van der Waals surface area contributed by atoms with E-state index >= 15 is 0 Å². The van der Waals surface area contributed by atoms with Crippen molar-refractivity contribution in [2.24, 2.45) is 0 Å². The van der Waals surface area contributed by atoms with E-state index in [2.05, 4.69) is 10.6 Å². The van der Waals surface area contributed by atoms with Gasteiger partial charge in [0.25, 0.3) is 0 Å². The van der Waals surface area contributed by atoms with E-state index in [1.54, 1.807) is 6.92 Å². The minimum Gasteiger partial charge on any atom is -0.356 e. The van der Waals surface area contributed by atoms with Crippen LogP contribution in [0, 0.1) is 0 Å². The van der Waals surface area contributed by atoms with Crippen molar-refractivity contribution in [1.82, 2.24) is 10.6 Å². The van der Waals surface area contributed by atoms with Gasteiger partial charge >= 0.3 is 0 Å². The summed E-state index contributed by atoms with van der Waals surface area (Å²) < 4.78 is 0. The Balaban J connectivity index is 3.34. The molecule has 0 fully saturated rings. The van der Waals surface area contributed by atoms with Crippen LogP contribution < -0.4 is 10.6 Å². The van der Waals surface area contributed by atoms with Gasteiger partial charge in [0.1, 0.15) is 11.6 Å². The third kappa shape index (κ3) is 18.9. The molecule has 0 aromatic rings. The minimum absolute atomic E-state index is 0.0615. The number of amides is 2. The van der Waals surface area contributed by atoms with Crippen molar-refractivity contribution in [3.63, 3.8) is 0 Å². The summed E-state index contributed by atoms with van der Waals surface area (Å²) in [5.74, 6) is 0.567. The highest BCUT2D eigenvalue weighted by Crippen LogP contribution is 2.03. The van der Waals surface area contributed by atoms with Crippen LogP contribution in [0.1, 0.15) is 97.3 Å². The van der Waals surface area contributed by atoms with Crippen molar-refractivity contribution >= 4 is 23.4 Å². The van der Waals surface area contributed by atoms with Crippen molar-refractivity contribution in [1.29, 1.82) is 0 Å². The van der Waals surface area contributed by atoms with Crippen molar-refractivity contribution in [3.8, 4) is 0 Å². The van der Waals surface area contributed by atoms with Crippen molar-refractivity contribution in [3.05, 3.63) is 0 Å². The second-order valence-electron chi connectivity index (χ2n) is 7.12. The van der Waals surface area contributed by atoms with E-state index in [9.17, 15) is 19.2 Å². The molecule has 0 heterocycles. The Kier molecular flexibility index (Phi) is 16.6. The molecule has 2 N–H and O–H groups in total. The summed E-state index contributed by atoms with van der Waals surface area (Å²) in [4.78, 5) is 45.2. The van der Waals surface area contributed by atoms with Gasteiger partial charge in [-0.1, -0.05) is 19.8 Å². The Hall–Kier alpha value is -1.72. The number of ketones is 2. The second-order valence-corrected chi connectivity index (χ2v) is 7.12. The van der Waals surface area contributed by atoms with Gasteiger partial charge in [-0.3, -0.25) is 14.4 Å². The molecule has 0 rings (SSSR count). The first-order chi connectivity index (χ1) is 13.0. The third-order valence-electron chi connectivity index (χ3n) is 4.43. The lowest BCUT2D eigenvalue weighted by molar-refractivity contribution is -0.122. The summed E-state index contributed by atoms with van der Waals surface area (Å²) in [6.45, 7) is 4.81. The Morgan fingerprint density at radius 1 is 0.593 bits per heavy atom. The van der Waals surface area contributed by atoms with Crippen LogP contribution in [-0.4, -0.2) is 36.5 Å². The fourth-order valence-corrected chi connectivity index (χ4v) is 2.68. The zero-order valence-electron chi connectivity index (χ0n) is 17.2. The number of hydrogen-bond donors (Lipinski definition) is 2. The lowest BCUT2D eigenvalue weighted by atomic mass is 10.1. The van der Waals surface area contributed by atoms with Crippen LogP contribution in [0.2, 0.25) is 0 Å². The first-order valence-electron chi connectivity index (χ1n) is 10.5. The topological polar surface area (TPSA) is 92.3 Å². The van der Waals surface area contributed by atoms with Crippen LogP contribution in [0.25, 0.3) is 0 Å². The lowest BCUT2D eigenvalue weighted by Gasteiger charge is -2.06. The molecular formula is C21H38N2O4. The molecule has 0 aliphatic rings. The third-order valence-corrected chi connectivity index (χ3v) is 4.43. The molecule has 0 aliphatic carbocycles. The minimum atomic E-state index is 0.0615. The average Bonchev–Trinajstić information content (AvgIpc) is 2.64. The quantitative estimate of drug-likeness (QED) is 0.355. The van der Waals surface area contributed by atoms with Gasteiger partial charge in [-0.2, -0.15) is 0 Å². The molecular weight excluding hydrogens is 344 g/mol. The number of unbranched alkanes of at least 4 members (excludes halogenated alkanes) is 5. The maximum atomic E-state index is 11.7. The van der Waals surface area contributed by atoms with E-state index in [0.717, 1.165) is 51.4 Å². The fraction of sp³-hybridized carbons (Fsp3) is 0.810. The smallest absolute Gasteiger partial charge is 0.219 e. The number of nitrogens with one attached hydrogen (secondary N) is 2.